The summed E-state index contributed by atoms with van der Waals surface area (Å²) in [5.74, 6) is -2.70. The molecule has 0 aliphatic carbocycles. The highest BCUT2D eigenvalue weighted by Gasteiger charge is 2.29. The lowest BCUT2D eigenvalue weighted by molar-refractivity contribution is -0.152. The zero-order chi connectivity index (χ0) is 14.3. The number of amides is 1. The molecule has 1 amide bonds. The molecule has 0 aromatic heterocycles. The first-order chi connectivity index (χ1) is 8.34. The first kappa shape index (κ1) is 16.4. The van der Waals surface area contributed by atoms with Gasteiger partial charge in [0.05, 0.1) is 6.42 Å². The van der Waals surface area contributed by atoms with Crippen LogP contribution in [0.4, 0.5) is 0 Å². The molecule has 0 aromatic carbocycles. The fourth-order valence-electron chi connectivity index (χ4n) is 1.72. The standard InChI is InChI=1S/C12H21NO5/c1-4-9(5-2)11(16)13(7-6-10(14)15)8(3)12(17)18/h8-9H,4-7H2,1-3H3,(H,14,15)(H,17,18). The van der Waals surface area contributed by atoms with Crippen LogP contribution in [-0.2, 0) is 14.4 Å². The molecule has 6 heteroatoms. The first-order valence-corrected chi connectivity index (χ1v) is 6.10. The molecule has 0 rings (SSSR count). The molecule has 1 unspecified atom stereocenters. The van der Waals surface area contributed by atoms with Gasteiger partial charge in [-0.3, -0.25) is 9.59 Å². The van der Waals surface area contributed by atoms with E-state index in [9.17, 15) is 14.4 Å². The molecule has 2 N–H and O–H groups in total. The van der Waals surface area contributed by atoms with E-state index in [-0.39, 0.29) is 24.8 Å². The second kappa shape index (κ2) is 7.68. The molecule has 0 aliphatic rings. The number of hydrogen-bond acceptors (Lipinski definition) is 3. The minimum Gasteiger partial charge on any atom is -0.481 e. The van der Waals surface area contributed by atoms with Crippen molar-refractivity contribution in [2.24, 2.45) is 5.92 Å². The molecule has 0 radical (unpaired) electrons. The predicted octanol–water partition coefficient (Wildman–Crippen LogP) is 1.20. The smallest absolute Gasteiger partial charge is 0.326 e. The number of carbonyl (C=O) groups excluding carboxylic acids is 1. The van der Waals surface area contributed by atoms with E-state index in [1.807, 2.05) is 13.8 Å². The third-order valence-corrected chi connectivity index (χ3v) is 3.01. The second-order valence-corrected chi connectivity index (χ2v) is 4.20. The Morgan fingerprint density at radius 3 is 1.94 bits per heavy atom. The summed E-state index contributed by atoms with van der Waals surface area (Å²) in [6.45, 7) is 5.03. The van der Waals surface area contributed by atoms with Crippen molar-refractivity contribution in [1.29, 1.82) is 0 Å². The number of nitrogens with zero attached hydrogens (tertiary/aromatic N) is 1. The molecule has 1 atom stereocenters. The van der Waals surface area contributed by atoms with Gasteiger partial charge in [-0.25, -0.2) is 4.79 Å². The molecule has 0 saturated heterocycles. The van der Waals surface area contributed by atoms with Crippen molar-refractivity contribution in [2.75, 3.05) is 6.54 Å². The summed E-state index contributed by atoms with van der Waals surface area (Å²) in [6, 6.07) is -1.00. The fourth-order valence-corrected chi connectivity index (χ4v) is 1.72. The van der Waals surface area contributed by atoms with Gasteiger partial charge < -0.3 is 15.1 Å². The van der Waals surface area contributed by atoms with E-state index >= 15 is 0 Å². The number of hydrogen-bond donors (Lipinski definition) is 2. The number of carboxylic acid groups (broad SMARTS) is 2. The maximum Gasteiger partial charge on any atom is 0.326 e. The average Bonchev–Trinajstić information content (AvgIpc) is 2.30. The number of carbonyl (C=O) groups is 3. The van der Waals surface area contributed by atoms with E-state index in [4.69, 9.17) is 10.2 Å². The summed E-state index contributed by atoms with van der Waals surface area (Å²) in [5, 5.41) is 17.6. The maximum atomic E-state index is 12.1. The SMILES string of the molecule is CCC(CC)C(=O)N(CCC(=O)O)C(C)C(=O)O. The molecule has 0 aliphatic heterocycles. The van der Waals surface area contributed by atoms with Gasteiger partial charge in [-0.15, -0.1) is 0 Å². The summed E-state index contributed by atoms with van der Waals surface area (Å²) in [7, 11) is 0. The Labute approximate surface area is 107 Å². The Hall–Kier alpha value is -1.59. The molecule has 0 fully saturated rings. The highest BCUT2D eigenvalue weighted by atomic mass is 16.4. The molecular formula is C12H21NO5. The highest BCUT2D eigenvalue weighted by molar-refractivity contribution is 5.85. The largest absolute Gasteiger partial charge is 0.481 e. The van der Waals surface area contributed by atoms with E-state index in [2.05, 4.69) is 0 Å². The lowest BCUT2D eigenvalue weighted by Crippen LogP contribution is -2.46. The maximum absolute atomic E-state index is 12.1. The molecule has 0 bridgehead atoms. The van der Waals surface area contributed by atoms with Crippen molar-refractivity contribution < 1.29 is 24.6 Å². The van der Waals surface area contributed by atoms with Crippen molar-refractivity contribution in [2.45, 2.75) is 46.1 Å². The Kier molecular flexibility index (Phi) is 7.00. The van der Waals surface area contributed by atoms with Gasteiger partial charge in [-0.05, 0) is 19.8 Å². The minimum atomic E-state index is -1.13. The summed E-state index contributed by atoms with van der Waals surface area (Å²) >= 11 is 0. The van der Waals surface area contributed by atoms with Gasteiger partial charge in [-0.1, -0.05) is 13.8 Å². The van der Waals surface area contributed by atoms with Crippen LogP contribution in [0.25, 0.3) is 0 Å². The molecule has 0 spiro atoms. The monoisotopic (exact) mass is 259 g/mol. The predicted molar refractivity (Wildman–Crippen MR) is 65.1 cm³/mol. The Bertz CT molecular complexity index is 312. The molecular weight excluding hydrogens is 238 g/mol. The van der Waals surface area contributed by atoms with Crippen LogP contribution < -0.4 is 0 Å². The van der Waals surface area contributed by atoms with E-state index in [1.165, 1.54) is 6.92 Å². The number of aliphatic carboxylic acids is 2. The van der Waals surface area contributed by atoms with Crippen molar-refractivity contribution >= 4 is 17.8 Å². The van der Waals surface area contributed by atoms with Crippen LogP contribution in [0.3, 0.4) is 0 Å². The fraction of sp³-hybridized carbons (Fsp3) is 0.750. The zero-order valence-electron chi connectivity index (χ0n) is 11.0. The summed E-state index contributed by atoms with van der Waals surface area (Å²) < 4.78 is 0. The average molecular weight is 259 g/mol. The van der Waals surface area contributed by atoms with Crippen molar-refractivity contribution in [3.8, 4) is 0 Å². The normalized spacial score (nSPS) is 12.2. The van der Waals surface area contributed by atoms with Crippen LogP contribution in [0.1, 0.15) is 40.0 Å². The van der Waals surface area contributed by atoms with Gasteiger partial charge in [0.1, 0.15) is 6.04 Å². The van der Waals surface area contributed by atoms with Gasteiger partial charge in [-0.2, -0.15) is 0 Å². The van der Waals surface area contributed by atoms with Crippen LogP contribution in [-0.4, -0.2) is 45.5 Å². The molecule has 0 aromatic rings. The van der Waals surface area contributed by atoms with Gasteiger partial charge >= 0.3 is 11.9 Å². The van der Waals surface area contributed by atoms with Crippen LogP contribution in [0, 0.1) is 5.92 Å². The minimum absolute atomic E-state index is 0.0713. The Balaban J connectivity index is 4.89. The van der Waals surface area contributed by atoms with Gasteiger partial charge in [0.25, 0.3) is 0 Å². The third kappa shape index (κ3) is 4.73. The van der Waals surface area contributed by atoms with Crippen molar-refractivity contribution in [1.82, 2.24) is 4.90 Å². The molecule has 104 valence electrons. The van der Waals surface area contributed by atoms with Gasteiger partial charge in [0, 0.05) is 12.5 Å². The second-order valence-electron chi connectivity index (χ2n) is 4.20. The van der Waals surface area contributed by atoms with E-state index < -0.39 is 18.0 Å². The van der Waals surface area contributed by atoms with E-state index in [0.717, 1.165) is 4.90 Å². The summed E-state index contributed by atoms with van der Waals surface area (Å²) in [5.41, 5.74) is 0. The molecule has 18 heavy (non-hydrogen) atoms. The van der Waals surface area contributed by atoms with Gasteiger partial charge in [0.2, 0.25) is 5.91 Å². The highest BCUT2D eigenvalue weighted by Crippen LogP contribution is 2.15. The quantitative estimate of drug-likeness (QED) is 0.683. The third-order valence-electron chi connectivity index (χ3n) is 3.01. The zero-order valence-corrected chi connectivity index (χ0v) is 11.0. The molecule has 0 saturated carbocycles. The lowest BCUT2D eigenvalue weighted by atomic mass is 10.0. The number of carboxylic acids is 2. The van der Waals surface area contributed by atoms with Crippen LogP contribution >= 0.6 is 0 Å². The van der Waals surface area contributed by atoms with Gasteiger partial charge in [0.15, 0.2) is 0 Å². The van der Waals surface area contributed by atoms with E-state index in [1.54, 1.807) is 0 Å². The summed E-state index contributed by atoms with van der Waals surface area (Å²) in [4.78, 5) is 34.8. The molecule has 6 nitrogen and oxygen atoms in total. The van der Waals surface area contributed by atoms with Crippen molar-refractivity contribution in [3.63, 3.8) is 0 Å². The molecule has 0 heterocycles. The first-order valence-electron chi connectivity index (χ1n) is 6.10. The van der Waals surface area contributed by atoms with Crippen LogP contribution in [0.2, 0.25) is 0 Å². The topological polar surface area (TPSA) is 94.9 Å². The summed E-state index contributed by atoms with van der Waals surface area (Å²) in [6.07, 6.45) is 0.986. The van der Waals surface area contributed by atoms with Crippen LogP contribution in [0.5, 0.6) is 0 Å². The lowest BCUT2D eigenvalue weighted by Gasteiger charge is -2.29. The Morgan fingerprint density at radius 2 is 1.61 bits per heavy atom. The van der Waals surface area contributed by atoms with Crippen molar-refractivity contribution in [3.05, 3.63) is 0 Å². The Morgan fingerprint density at radius 1 is 1.11 bits per heavy atom. The number of rotatable bonds is 8. The van der Waals surface area contributed by atoms with E-state index in [0.29, 0.717) is 12.8 Å². The van der Waals surface area contributed by atoms with Crippen LogP contribution in [0.15, 0.2) is 0 Å².